The van der Waals surface area contributed by atoms with Crippen LogP contribution in [0.25, 0.3) is 0 Å². The molecule has 0 atom stereocenters. The predicted molar refractivity (Wildman–Crippen MR) is 16.6 cm³/mol. The molecule has 0 fully saturated rings. The molecule has 0 heterocycles. The molecule has 0 unspecified atom stereocenters. The molecule has 0 aromatic heterocycles. The monoisotopic (exact) mass is 59.0 g/mol. The number of rotatable bonds is 0. The molecule has 0 saturated heterocycles. The van der Waals surface area contributed by atoms with Crippen molar-refractivity contribution in [2.75, 3.05) is 0 Å². The molecule has 0 amide bonds. The second-order valence-corrected chi connectivity index (χ2v) is 0.167. The first-order chi connectivity index (χ1) is 1.41. The van der Waals surface area contributed by atoms with E-state index in [1.807, 2.05) is 0 Å². The van der Waals surface area contributed by atoms with E-state index in [0.29, 0.717) is 0 Å². The summed E-state index contributed by atoms with van der Waals surface area (Å²) in [5.74, 6) is 0. The molecule has 24 valence electrons. The van der Waals surface area contributed by atoms with Gasteiger partial charge >= 0.3 is 0 Å². The minimum Gasteiger partial charge on any atom is -0.412 e. The van der Waals surface area contributed by atoms with Gasteiger partial charge in [0.2, 0.25) is 0 Å². The normalized spacial score (nSPS) is 1.75. The molecule has 4 N–H and O–H groups in total. The van der Waals surface area contributed by atoms with Gasteiger partial charge in [-0.3, -0.25) is 0 Å². The van der Waals surface area contributed by atoms with Crippen LogP contribution in [0.4, 0.5) is 0 Å². The Labute approximate surface area is 24.9 Å². The second kappa shape index (κ2) is 39.5. The third-order valence-electron chi connectivity index (χ3n) is 0. The SMILES string of the molecule is C#CN.O. The van der Waals surface area contributed by atoms with Gasteiger partial charge in [0.25, 0.3) is 0 Å². The molecule has 0 radical (unpaired) electrons. The minimum atomic E-state index is 0. The lowest BCUT2D eigenvalue weighted by molar-refractivity contribution is 0.824. The summed E-state index contributed by atoms with van der Waals surface area (Å²) in [6.45, 7) is 0. The van der Waals surface area contributed by atoms with Crippen LogP contribution >= 0.6 is 0 Å². The van der Waals surface area contributed by atoms with E-state index >= 15 is 0 Å². The Balaban J connectivity index is 0. The van der Waals surface area contributed by atoms with Crippen molar-refractivity contribution >= 4 is 0 Å². The maximum Gasteiger partial charge on any atom is -0.00200 e. The summed E-state index contributed by atoms with van der Waals surface area (Å²) in [4.78, 5) is 0. The van der Waals surface area contributed by atoms with E-state index in [0.717, 1.165) is 0 Å². The summed E-state index contributed by atoms with van der Waals surface area (Å²) in [5, 5.41) is 0. The standard InChI is InChI=1S/C2H3N.H2O/c1-2-3;/h1H,3H2;1H2. The van der Waals surface area contributed by atoms with Crippen molar-refractivity contribution in [2.45, 2.75) is 0 Å². The van der Waals surface area contributed by atoms with Crippen molar-refractivity contribution in [1.29, 1.82) is 0 Å². The maximum atomic E-state index is 4.38. The molecule has 0 rings (SSSR count). The number of terminal acetylenes is 1. The Morgan fingerprint density at radius 3 is 1.75 bits per heavy atom. The van der Waals surface area contributed by atoms with Crippen molar-refractivity contribution in [3.05, 3.63) is 0 Å². The van der Waals surface area contributed by atoms with Crippen molar-refractivity contribution in [3.8, 4) is 12.5 Å². The third kappa shape index (κ3) is 0.292. The average Bonchev–Trinajstić information content (AvgIpc) is 0.918. The van der Waals surface area contributed by atoms with E-state index < -0.39 is 0 Å². The summed E-state index contributed by atoms with van der Waals surface area (Å²) in [6, 6.07) is 1.75. The Hall–Kier alpha value is -0.680. The molecule has 2 nitrogen and oxygen atoms in total. The quantitative estimate of drug-likeness (QED) is 0.274. The number of nitrogens with two attached hydrogens (primary N) is 1. The van der Waals surface area contributed by atoms with Crippen molar-refractivity contribution in [2.24, 2.45) is 5.73 Å². The molecule has 0 spiro atoms. The topological polar surface area (TPSA) is 57.5 Å². The van der Waals surface area contributed by atoms with E-state index in [1.165, 1.54) is 0 Å². The second-order valence-electron chi connectivity index (χ2n) is 0.167. The van der Waals surface area contributed by atoms with Gasteiger partial charge in [0.15, 0.2) is 0 Å². The first kappa shape index (κ1) is 10.3. The van der Waals surface area contributed by atoms with Gasteiger partial charge in [-0.25, -0.2) is 0 Å². The first-order valence-electron chi connectivity index (χ1n) is 0.577. The Morgan fingerprint density at radius 1 is 1.75 bits per heavy atom. The lowest BCUT2D eigenvalue weighted by atomic mass is 11.2. The van der Waals surface area contributed by atoms with E-state index in [2.05, 4.69) is 12.2 Å². The summed E-state index contributed by atoms with van der Waals surface area (Å²) >= 11 is 0. The van der Waals surface area contributed by atoms with Crippen LogP contribution in [0.15, 0.2) is 0 Å². The first-order valence-corrected chi connectivity index (χ1v) is 0.577. The van der Waals surface area contributed by atoms with Crippen LogP contribution in [-0.2, 0) is 0 Å². The highest BCUT2D eigenvalue weighted by atomic mass is 16.0. The molecule has 0 bridgehead atoms. The van der Waals surface area contributed by atoms with E-state index in [9.17, 15) is 0 Å². The Kier molecular flexibility index (Phi) is 101. The molecule has 4 heavy (non-hydrogen) atoms. The van der Waals surface area contributed by atoms with Gasteiger partial charge in [-0.2, -0.15) is 0 Å². The number of hydrogen-bond acceptors (Lipinski definition) is 1. The van der Waals surface area contributed by atoms with Gasteiger partial charge in [-0.15, -0.1) is 0 Å². The molecule has 0 saturated carbocycles. The largest absolute Gasteiger partial charge is 0.412 e. The van der Waals surface area contributed by atoms with E-state index in [-0.39, 0.29) is 5.48 Å². The zero-order valence-electron chi connectivity index (χ0n) is 2.15. The summed E-state index contributed by atoms with van der Waals surface area (Å²) < 4.78 is 0. The lowest BCUT2D eigenvalue weighted by Gasteiger charge is -1.32. The maximum absolute atomic E-state index is 4.38. The van der Waals surface area contributed by atoms with Gasteiger partial charge in [0.1, 0.15) is 0 Å². The van der Waals surface area contributed by atoms with Crippen LogP contribution in [0.5, 0.6) is 0 Å². The summed E-state index contributed by atoms with van der Waals surface area (Å²) in [5.41, 5.74) is 4.38. The van der Waals surface area contributed by atoms with Crippen LogP contribution in [0.3, 0.4) is 0 Å². The van der Waals surface area contributed by atoms with Gasteiger partial charge in [0, 0.05) is 0 Å². The van der Waals surface area contributed by atoms with Crippen LogP contribution in [-0.4, -0.2) is 5.48 Å². The lowest BCUT2D eigenvalue weighted by Crippen LogP contribution is -1.69. The molecule has 0 aliphatic carbocycles. The van der Waals surface area contributed by atoms with Crippen LogP contribution in [0.1, 0.15) is 0 Å². The van der Waals surface area contributed by atoms with Crippen LogP contribution in [0.2, 0.25) is 0 Å². The minimum absolute atomic E-state index is 0. The Bertz CT molecular complexity index is 27.5. The van der Waals surface area contributed by atoms with Crippen LogP contribution in [0, 0.1) is 12.5 Å². The predicted octanol–water partition coefficient (Wildman–Crippen LogP) is -1.29. The molecule has 0 aromatic rings. The highest BCUT2D eigenvalue weighted by Gasteiger charge is 1.02. The zero-order valence-corrected chi connectivity index (χ0v) is 2.15. The third-order valence-corrected chi connectivity index (χ3v) is 0. The summed E-state index contributed by atoms with van der Waals surface area (Å²) in [7, 11) is 0. The van der Waals surface area contributed by atoms with Crippen molar-refractivity contribution < 1.29 is 5.48 Å². The molecule has 0 aromatic carbocycles. The fourth-order valence-electron chi connectivity index (χ4n) is 0. The van der Waals surface area contributed by atoms with E-state index in [4.69, 9.17) is 0 Å². The Morgan fingerprint density at radius 2 is 1.75 bits per heavy atom. The molecule has 0 aliphatic rings. The molecular weight excluding hydrogens is 54.0 g/mol. The van der Waals surface area contributed by atoms with Crippen LogP contribution < -0.4 is 5.73 Å². The highest BCUT2D eigenvalue weighted by molar-refractivity contribution is 4.71. The van der Waals surface area contributed by atoms with Gasteiger partial charge in [-0.1, -0.05) is 6.42 Å². The fourth-order valence-corrected chi connectivity index (χ4v) is 0. The highest BCUT2D eigenvalue weighted by Crippen LogP contribution is 0.897. The molecule has 0 aliphatic heterocycles. The van der Waals surface area contributed by atoms with Gasteiger partial charge in [-0.05, 0) is 6.04 Å². The van der Waals surface area contributed by atoms with Gasteiger partial charge < -0.3 is 11.2 Å². The number of hydrogen-bond donors (Lipinski definition) is 1. The molecule has 2 heteroatoms. The fraction of sp³-hybridized carbons (Fsp3) is 0. The smallest absolute Gasteiger partial charge is 0.00200 e. The molecular formula is C2H5NO. The van der Waals surface area contributed by atoms with Gasteiger partial charge in [0.05, 0.1) is 0 Å². The zero-order chi connectivity index (χ0) is 2.71. The van der Waals surface area contributed by atoms with E-state index in [1.54, 1.807) is 6.04 Å². The van der Waals surface area contributed by atoms with Crippen molar-refractivity contribution in [1.82, 2.24) is 0 Å². The van der Waals surface area contributed by atoms with Crippen molar-refractivity contribution in [3.63, 3.8) is 0 Å². The average molecular weight is 59.1 g/mol. The summed E-state index contributed by atoms with van der Waals surface area (Å²) in [6.07, 6.45) is 4.38.